The number of benzene rings is 11. The molecule has 482 valence electrons. The van der Waals surface area contributed by atoms with Crippen molar-refractivity contribution in [2.45, 2.75) is 0 Å². The van der Waals surface area contributed by atoms with E-state index in [1.807, 2.05) is 67.4 Å². The maximum Gasteiger partial charge on any atom is 0.0972 e. The van der Waals surface area contributed by atoms with Crippen molar-refractivity contribution in [1.29, 1.82) is 0 Å². The van der Waals surface area contributed by atoms with E-state index in [0.29, 0.717) is 0 Å². The fraction of sp³-hybridized carbons (Fsp3) is 0. The zero-order valence-corrected chi connectivity index (χ0v) is 55.8. The molecule has 10 heterocycles. The van der Waals surface area contributed by atoms with Crippen molar-refractivity contribution in [2.24, 2.45) is 0 Å². The van der Waals surface area contributed by atoms with Crippen molar-refractivity contribution in [3.8, 4) is 89.9 Å². The van der Waals surface area contributed by atoms with E-state index >= 15 is 0 Å². The number of pyridine rings is 10. The average molecular weight is 1330 g/mol. The molecule has 0 bridgehead atoms. The van der Waals surface area contributed by atoms with E-state index in [-0.39, 0.29) is 0 Å². The Labute approximate surface area is 596 Å². The third-order valence-electron chi connectivity index (χ3n) is 20.1. The van der Waals surface area contributed by atoms with Crippen molar-refractivity contribution in [2.75, 3.05) is 0 Å². The van der Waals surface area contributed by atoms with Crippen LogP contribution in [-0.2, 0) is 0 Å². The van der Waals surface area contributed by atoms with E-state index in [1.165, 1.54) is 0 Å². The quantitative estimate of drug-likeness (QED) is 0.136. The molecule has 0 N–H and O–H groups in total. The van der Waals surface area contributed by atoms with Gasteiger partial charge < -0.3 is 0 Å². The summed E-state index contributed by atoms with van der Waals surface area (Å²) in [5.41, 5.74) is 23.9. The normalized spacial score (nSPS) is 11.7. The zero-order valence-electron chi connectivity index (χ0n) is 55.8. The van der Waals surface area contributed by atoms with Gasteiger partial charge >= 0.3 is 0 Å². The van der Waals surface area contributed by atoms with E-state index in [4.69, 9.17) is 24.9 Å². The van der Waals surface area contributed by atoms with Crippen LogP contribution in [0.1, 0.15) is 0 Å². The van der Waals surface area contributed by atoms with Gasteiger partial charge in [0, 0.05) is 102 Å². The molecular weight excluding hydrogens is 1270 g/mol. The first-order valence-corrected chi connectivity index (χ1v) is 34.7. The van der Waals surface area contributed by atoms with E-state index in [9.17, 15) is 0 Å². The highest BCUT2D eigenvalue weighted by molar-refractivity contribution is 6.11. The van der Waals surface area contributed by atoms with Crippen LogP contribution in [0.2, 0.25) is 0 Å². The molecule has 0 unspecified atom stereocenters. The molecule has 11 aromatic carbocycles. The summed E-state index contributed by atoms with van der Waals surface area (Å²) in [7, 11) is 0. The van der Waals surface area contributed by atoms with E-state index in [0.717, 1.165) is 209 Å². The minimum atomic E-state index is 0.868. The van der Waals surface area contributed by atoms with Gasteiger partial charge in [0.05, 0.1) is 84.0 Å². The Morgan fingerprint density at radius 3 is 1.07 bits per heavy atom. The first-order valence-electron chi connectivity index (χ1n) is 34.7. The van der Waals surface area contributed by atoms with Crippen molar-refractivity contribution >= 4 is 120 Å². The minimum absolute atomic E-state index is 0.868. The maximum atomic E-state index is 5.18. The fourth-order valence-electron chi connectivity index (χ4n) is 14.7. The first-order chi connectivity index (χ1) is 51.4. The number of hydrogen-bond donors (Lipinski definition) is 0. The first kappa shape index (κ1) is 59.8. The maximum absolute atomic E-state index is 5.18. The lowest BCUT2D eigenvalue weighted by Crippen LogP contribution is -1.92. The minimum Gasteiger partial charge on any atom is -0.254 e. The van der Waals surface area contributed by atoms with Crippen LogP contribution in [0.4, 0.5) is 0 Å². The third-order valence-corrected chi connectivity index (χ3v) is 20.1. The van der Waals surface area contributed by atoms with Gasteiger partial charge in [-0.05, 0) is 170 Å². The van der Waals surface area contributed by atoms with Crippen molar-refractivity contribution in [3.63, 3.8) is 0 Å². The van der Waals surface area contributed by atoms with Gasteiger partial charge in [-0.15, -0.1) is 0 Å². The second-order valence-electron chi connectivity index (χ2n) is 26.3. The summed E-state index contributed by atoms with van der Waals surface area (Å²) in [6.45, 7) is 0. The highest BCUT2D eigenvalue weighted by Crippen LogP contribution is 2.40. The topological polar surface area (TPSA) is 129 Å². The molecule has 0 fully saturated rings. The molecule has 0 radical (unpaired) electrons. The molecule has 0 amide bonds. The molecule has 0 aliphatic heterocycles. The van der Waals surface area contributed by atoms with Gasteiger partial charge in [0.25, 0.3) is 0 Å². The molecule has 0 aliphatic carbocycles. The Hall–Kier alpha value is -14.2. The van der Waals surface area contributed by atoms with Crippen LogP contribution in [0.15, 0.2) is 340 Å². The molecule has 0 aliphatic rings. The van der Waals surface area contributed by atoms with Gasteiger partial charge in [-0.2, -0.15) is 0 Å². The van der Waals surface area contributed by atoms with E-state index in [2.05, 4.69) is 298 Å². The Morgan fingerprint density at radius 1 is 0.163 bits per heavy atom. The fourth-order valence-corrected chi connectivity index (χ4v) is 14.7. The van der Waals surface area contributed by atoms with Crippen LogP contribution in [-0.4, -0.2) is 49.8 Å². The molecule has 0 atom stereocenters. The van der Waals surface area contributed by atoms with Gasteiger partial charge in [0.2, 0.25) is 0 Å². The van der Waals surface area contributed by atoms with Crippen molar-refractivity contribution in [3.05, 3.63) is 340 Å². The molecule has 10 heteroatoms. The lowest BCUT2D eigenvalue weighted by Gasteiger charge is -2.13. The molecular formula is C94H56N10. The van der Waals surface area contributed by atoms with Crippen LogP contribution < -0.4 is 0 Å². The molecule has 0 saturated heterocycles. The summed E-state index contributed by atoms with van der Waals surface area (Å²) in [5, 5.41) is 15.6. The zero-order chi connectivity index (χ0) is 68.6. The summed E-state index contributed by atoms with van der Waals surface area (Å²) in [5.74, 6) is 0. The summed E-state index contributed by atoms with van der Waals surface area (Å²) < 4.78 is 0. The molecule has 104 heavy (non-hydrogen) atoms. The second-order valence-corrected chi connectivity index (χ2v) is 26.3. The lowest BCUT2D eigenvalue weighted by atomic mass is 9.95. The molecule has 21 rings (SSSR count). The molecule has 0 spiro atoms. The van der Waals surface area contributed by atoms with Crippen LogP contribution in [0.5, 0.6) is 0 Å². The monoisotopic (exact) mass is 1320 g/mol. The van der Waals surface area contributed by atoms with Crippen molar-refractivity contribution in [1.82, 2.24) is 49.8 Å². The van der Waals surface area contributed by atoms with Gasteiger partial charge in [-0.3, -0.25) is 24.9 Å². The summed E-state index contributed by atoms with van der Waals surface area (Å²) in [4.78, 5) is 48.6. The molecule has 21 aromatic rings. The Balaban J connectivity index is 0.000000139. The van der Waals surface area contributed by atoms with Crippen LogP contribution in [0.3, 0.4) is 0 Å². The van der Waals surface area contributed by atoms with Crippen molar-refractivity contribution < 1.29 is 0 Å². The Kier molecular flexibility index (Phi) is 14.3. The Bertz CT molecular complexity index is 7080. The predicted octanol–water partition coefficient (Wildman–Crippen LogP) is 23.3. The summed E-state index contributed by atoms with van der Waals surface area (Å²) >= 11 is 0. The van der Waals surface area contributed by atoms with Crippen LogP contribution in [0, 0.1) is 0 Å². The highest BCUT2D eigenvalue weighted by atomic mass is 14.8. The van der Waals surface area contributed by atoms with Crippen LogP contribution in [0.25, 0.3) is 209 Å². The summed E-state index contributed by atoms with van der Waals surface area (Å²) in [6.07, 6.45) is 9.32. The van der Waals surface area contributed by atoms with E-state index < -0.39 is 0 Å². The molecule has 10 aromatic heterocycles. The number of nitrogens with zero attached hydrogens (tertiary/aromatic N) is 10. The van der Waals surface area contributed by atoms with Gasteiger partial charge in [-0.1, -0.05) is 194 Å². The largest absolute Gasteiger partial charge is 0.254 e. The van der Waals surface area contributed by atoms with Gasteiger partial charge in [0.15, 0.2) is 0 Å². The highest BCUT2D eigenvalue weighted by Gasteiger charge is 2.17. The van der Waals surface area contributed by atoms with E-state index in [1.54, 1.807) is 0 Å². The number of rotatable bonds is 8. The number of aromatic nitrogens is 10. The Morgan fingerprint density at radius 2 is 0.529 bits per heavy atom. The third kappa shape index (κ3) is 10.9. The number of hydrogen-bond acceptors (Lipinski definition) is 10. The molecule has 0 saturated carbocycles. The SMILES string of the molecule is c1ccc2cc(-c3ccc4cc(-c5ccc6nc(-c7ccc(-c8cc9cccnc9c9ncccc89)cc7)ccc6c5)ccc4n3)ncc2c1.c1ccc2cc(-c3ccc4cc(-c5ccc6nc(-c7ccc(-c8ccc9ccc%10cccnc%10c9n8)c8ccccc78)ccc6c5)ccc4n3)ncc2c1. The molecule has 10 nitrogen and oxygen atoms in total. The average Bonchev–Trinajstić information content (AvgIpc) is 0.754. The number of fused-ring (bicyclic) bond motifs is 13. The smallest absolute Gasteiger partial charge is 0.0972 e. The predicted molar refractivity (Wildman–Crippen MR) is 427 cm³/mol. The standard InChI is InChI=1S/C49H29N5.C45H27N5/c1-2-7-37-29-51-47(28-32(37)6-1)46-24-17-36-27-34(15-21-43(36)53-46)33-14-20-42-35(26-33)16-23-44(52-42)40-18-19-41(39-10-4-3-9-38(39)40)45-22-13-31-12-11-30-8-5-25-50-48(30)49(31)54-45;1-2-6-36-27-48-43(26-30(36)5-1)42-20-16-34-24-32(14-18-41(34)50-42)31-13-17-40-33(23-31)15-19-39(49-40)29-11-9-28(10-12-29)38-25-35-7-3-21-46-44(35)45-37(38)8-4-22-47-45/h1-29H;1-27H. The summed E-state index contributed by atoms with van der Waals surface area (Å²) in [6, 6.07) is 108. The lowest BCUT2D eigenvalue weighted by molar-refractivity contribution is 1.29. The second kappa shape index (κ2) is 24.9. The van der Waals surface area contributed by atoms with Gasteiger partial charge in [0.1, 0.15) is 0 Å². The van der Waals surface area contributed by atoms with Crippen LogP contribution >= 0.6 is 0 Å². The van der Waals surface area contributed by atoms with Gasteiger partial charge in [-0.25, -0.2) is 24.9 Å².